The normalized spacial score (nSPS) is 9.50. The van der Waals surface area contributed by atoms with Gasteiger partial charge in [0.15, 0.2) is 0 Å². The molecule has 0 aliphatic rings. The van der Waals surface area contributed by atoms with Crippen molar-refractivity contribution in [3.8, 4) is 11.8 Å². The Balaban J connectivity index is 2.44. The van der Waals surface area contributed by atoms with Gasteiger partial charge >= 0.3 is 0 Å². The summed E-state index contributed by atoms with van der Waals surface area (Å²) in [7, 11) is 0. The number of aliphatic hydroxyl groups excluding tert-OH is 1. The fraction of sp³-hybridized carbons (Fsp3) is 0.429. The molecule has 0 saturated carbocycles. The van der Waals surface area contributed by atoms with Gasteiger partial charge in [-0.1, -0.05) is 18.8 Å². The molecule has 0 aromatic carbocycles. The Morgan fingerprint density at radius 2 is 2.20 bits per heavy atom. The molecule has 0 aliphatic heterocycles. The van der Waals surface area contributed by atoms with Crippen molar-refractivity contribution in [3.05, 3.63) is 21.9 Å². The Bertz CT molecular complexity index is 514. The molecule has 108 valence electrons. The van der Waals surface area contributed by atoms with Crippen LogP contribution in [0.15, 0.2) is 11.4 Å². The van der Waals surface area contributed by atoms with Crippen LogP contribution in [0.3, 0.4) is 0 Å². The predicted molar refractivity (Wildman–Crippen MR) is 78.5 cm³/mol. The molecule has 5 nitrogen and oxygen atoms in total. The van der Waals surface area contributed by atoms with Crippen LogP contribution in [-0.2, 0) is 4.79 Å². The summed E-state index contributed by atoms with van der Waals surface area (Å²) < 4.78 is 0. The van der Waals surface area contributed by atoms with E-state index in [0.717, 1.165) is 11.3 Å². The zero-order valence-corrected chi connectivity index (χ0v) is 12.2. The summed E-state index contributed by atoms with van der Waals surface area (Å²) in [6, 6.07) is 1.67. The van der Waals surface area contributed by atoms with Crippen molar-refractivity contribution in [2.45, 2.75) is 19.8 Å². The first-order valence-electron chi connectivity index (χ1n) is 6.40. The van der Waals surface area contributed by atoms with Gasteiger partial charge in [0.1, 0.15) is 0 Å². The van der Waals surface area contributed by atoms with Crippen molar-refractivity contribution in [1.82, 2.24) is 10.6 Å². The molecule has 20 heavy (non-hydrogen) atoms. The molecule has 1 rings (SSSR count). The van der Waals surface area contributed by atoms with Gasteiger partial charge in [0.2, 0.25) is 5.91 Å². The van der Waals surface area contributed by atoms with Crippen LogP contribution in [0.1, 0.15) is 35.0 Å². The molecular weight excluding hydrogens is 276 g/mol. The van der Waals surface area contributed by atoms with Gasteiger partial charge in [-0.25, -0.2) is 0 Å². The third-order valence-corrected chi connectivity index (χ3v) is 3.14. The van der Waals surface area contributed by atoms with Crippen molar-refractivity contribution in [1.29, 1.82) is 0 Å². The van der Waals surface area contributed by atoms with Gasteiger partial charge < -0.3 is 15.7 Å². The molecule has 2 amide bonds. The van der Waals surface area contributed by atoms with Crippen molar-refractivity contribution in [3.63, 3.8) is 0 Å². The monoisotopic (exact) mass is 294 g/mol. The third kappa shape index (κ3) is 5.87. The molecule has 1 aromatic rings. The number of carbonyl (C=O) groups excluding carboxylic acids is 2. The minimum atomic E-state index is -0.289. The number of hydrogen-bond donors (Lipinski definition) is 3. The quantitative estimate of drug-likeness (QED) is 0.677. The maximum absolute atomic E-state index is 11.8. The molecule has 0 aliphatic carbocycles. The average molecular weight is 294 g/mol. The predicted octanol–water partition coefficient (Wildman–Crippen LogP) is 0.738. The molecule has 0 atom stereocenters. The molecule has 0 bridgehead atoms. The van der Waals surface area contributed by atoms with Crippen LogP contribution in [0.2, 0.25) is 0 Å². The fourth-order valence-corrected chi connectivity index (χ4v) is 2.07. The lowest BCUT2D eigenvalue weighted by Crippen LogP contribution is -2.37. The molecule has 1 heterocycles. The molecule has 1 aromatic heterocycles. The summed E-state index contributed by atoms with van der Waals surface area (Å²) in [4.78, 5) is 23.9. The highest BCUT2D eigenvalue weighted by atomic mass is 32.1. The number of thiophene rings is 1. The third-order valence-electron chi connectivity index (χ3n) is 2.29. The maximum Gasteiger partial charge on any atom is 0.252 e. The van der Waals surface area contributed by atoms with Crippen LogP contribution < -0.4 is 10.6 Å². The van der Waals surface area contributed by atoms with E-state index in [4.69, 9.17) is 5.11 Å². The van der Waals surface area contributed by atoms with E-state index in [1.807, 2.05) is 6.92 Å². The maximum atomic E-state index is 11.8. The number of carbonyl (C=O) groups is 2. The summed E-state index contributed by atoms with van der Waals surface area (Å²) in [6.07, 6.45) is 1.27. The fourth-order valence-electron chi connectivity index (χ4n) is 1.32. The molecule has 3 N–H and O–H groups in total. The van der Waals surface area contributed by atoms with Gasteiger partial charge in [0.05, 0.1) is 23.6 Å². The minimum absolute atomic E-state index is 0.0264. The smallest absolute Gasteiger partial charge is 0.252 e. The zero-order valence-electron chi connectivity index (χ0n) is 11.4. The highest BCUT2D eigenvalue weighted by Crippen LogP contribution is 2.13. The second kappa shape index (κ2) is 9.13. The summed E-state index contributed by atoms with van der Waals surface area (Å²) in [5, 5.41) is 15.6. The van der Waals surface area contributed by atoms with Crippen LogP contribution in [-0.4, -0.2) is 36.6 Å². The van der Waals surface area contributed by atoms with E-state index >= 15 is 0 Å². The van der Waals surface area contributed by atoms with Crippen LogP contribution >= 0.6 is 11.3 Å². The Morgan fingerprint density at radius 1 is 1.40 bits per heavy atom. The van der Waals surface area contributed by atoms with E-state index in [0.29, 0.717) is 18.5 Å². The zero-order chi connectivity index (χ0) is 14.8. The largest absolute Gasteiger partial charge is 0.395 e. The SMILES string of the molecule is CCCNC(=O)CNC(=O)c1csc(C#CCCO)c1. The Kier molecular flexibility index (Phi) is 7.40. The lowest BCUT2D eigenvalue weighted by atomic mass is 10.3. The topological polar surface area (TPSA) is 78.4 Å². The van der Waals surface area contributed by atoms with Gasteiger partial charge in [0, 0.05) is 18.3 Å². The Hall–Kier alpha value is -1.84. The van der Waals surface area contributed by atoms with E-state index in [1.54, 1.807) is 11.4 Å². The second-order valence-corrected chi connectivity index (χ2v) is 4.92. The van der Waals surface area contributed by atoms with E-state index < -0.39 is 0 Å². The number of rotatable bonds is 6. The van der Waals surface area contributed by atoms with Gasteiger partial charge in [-0.05, 0) is 12.5 Å². The number of hydrogen-bond acceptors (Lipinski definition) is 4. The van der Waals surface area contributed by atoms with Gasteiger partial charge in [-0.3, -0.25) is 9.59 Å². The molecule has 6 heteroatoms. The lowest BCUT2D eigenvalue weighted by molar-refractivity contribution is -0.120. The van der Waals surface area contributed by atoms with E-state index in [1.165, 1.54) is 11.3 Å². The average Bonchev–Trinajstić information content (AvgIpc) is 2.91. The first-order valence-corrected chi connectivity index (χ1v) is 7.28. The van der Waals surface area contributed by atoms with Crippen molar-refractivity contribution in [2.75, 3.05) is 19.7 Å². The van der Waals surface area contributed by atoms with Crippen LogP contribution in [0.5, 0.6) is 0 Å². The second-order valence-electron chi connectivity index (χ2n) is 4.01. The highest BCUT2D eigenvalue weighted by Gasteiger charge is 2.09. The Morgan fingerprint density at radius 3 is 2.90 bits per heavy atom. The summed E-state index contributed by atoms with van der Waals surface area (Å²) in [5.74, 6) is 5.17. The highest BCUT2D eigenvalue weighted by molar-refractivity contribution is 7.10. The van der Waals surface area contributed by atoms with Crippen molar-refractivity contribution < 1.29 is 14.7 Å². The number of nitrogens with one attached hydrogen (secondary N) is 2. The molecule has 0 saturated heterocycles. The molecule has 0 fully saturated rings. The van der Waals surface area contributed by atoms with Gasteiger partial charge in [-0.15, -0.1) is 11.3 Å². The Labute approximate surface area is 122 Å². The minimum Gasteiger partial charge on any atom is -0.395 e. The van der Waals surface area contributed by atoms with E-state index in [-0.39, 0.29) is 25.0 Å². The van der Waals surface area contributed by atoms with Crippen LogP contribution in [0.25, 0.3) is 0 Å². The van der Waals surface area contributed by atoms with E-state index in [9.17, 15) is 9.59 Å². The summed E-state index contributed by atoms with van der Waals surface area (Å²) >= 11 is 1.36. The number of aliphatic hydroxyl groups is 1. The standard InChI is InChI=1S/C14H18N2O3S/c1-2-6-15-13(18)9-16-14(19)11-8-12(20-10-11)5-3-4-7-17/h8,10,17H,2,4,6-7,9H2,1H3,(H,15,18)(H,16,19). The van der Waals surface area contributed by atoms with Crippen LogP contribution in [0.4, 0.5) is 0 Å². The lowest BCUT2D eigenvalue weighted by Gasteiger charge is -2.04. The van der Waals surface area contributed by atoms with Crippen molar-refractivity contribution in [2.24, 2.45) is 0 Å². The van der Waals surface area contributed by atoms with E-state index in [2.05, 4.69) is 22.5 Å². The van der Waals surface area contributed by atoms with Gasteiger partial charge in [-0.2, -0.15) is 0 Å². The summed E-state index contributed by atoms with van der Waals surface area (Å²) in [5.41, 5.74) is 0.492. The first kappa shape index (κ1) is 16.2. The van der Waals surface area contributed by atoms with Crippen molar-refractivity contribution >= 4 is 23.2 Å². The summed E-state index contributed by atoms with van der Waals surface area (Å²) in [6.45, 7) is 2.57. The molecular formula is C14H18N2O3S. The van der Waals surface area contributed by atoms with Crippen LogP contribution in [0, 0.1) is 11.8 Å². The first-order chi connectivity index (χ1) is 9.67. The molecule has 0 radical (unpaired) electrons. The number of amides is 2. The molecule has 0 unspecified atom stereocenters. The molecule has 0 spiro atoms. The van der Waals surface area contributed by atoms with Gasteiger partial charge in [0.25, 0.3) is 5.91 Å².